The van der Waals surface area contributed by atoms with Crippen molar-refractivity contribution in [3.63, 3.8) is 0 Å². The molecular formula is C18H24N8O2. The number of urea groups is 1. The van der Waals surface area contributed by atoms with Crippen LogP contribution in [0, 0.1) is 5.41 Å². The third-order valence-electron chi connectivity index (χ3n) is 4.35. The molecule has 2 heterocycles. The number of hydrogen-bond donors (Lipinski definition) is 2. The van der Waals surface area contributed by atoms with Crippen LogP contribution in [-0.2, 0) is 6.54 Å². The molecule has 2 N–H and O–H groups in total. The van der Waals surface area contributed by atoms with E-state index in [0.717, 1.165) is 5.69 Å². The zero-order valence-corrected chi connectivity index (χ0v) is 16.3. The van der Waals surface area contributed by atoms with E-state index in [2.05, 4.69) is 51.9 Å². The Labute approximate surface area is 162 Å². The van der Waals surface area contributed by atoms with Crippen molar-refractivity contribution in [3.05, 3.63) is 43.2 Å². The minimum absolute atomic E-state index is 0.104. The van der Waals surface area contributed by atoms with E-state index in [-0.39, 0.29) is 17.5 Å². The summed E-state index contributed by atoms with van der Waals surface area (Å²) in [5, 5.41) is 17.0. The van der Waals surface area contributed by atoms with Crippen LogP contribution in [0.25, 0.3) is 5.69 Å². The molecule has 0 aliphatic heterocycles. The van der Waals surface area contributed by atoms with E-state index < -0.39 is 0 Å². The van der Waals surface area contributed by atoms with Gasteiger partial charge in [-0.1, -0.05) is 20.8 Å². The van der Waals surface area contributed by atoms with Crippen molar-refractivity contribution in [2.75, 3.05) is 12.4 Å². The maximum Gasteiger partial charge on any atom is 0.319 e. The van der Waals surface area contributed by atoms with E-state index in [9.17, 15) is 4.79 Å². The number of rotatable bonds is 6. The molecule has 0 fully saturated rings. The Kier molecular flexibility index (Phi) is 5.57. The normalized spacial score (nSPS) is 12.4. The average molecular weight is 384 g/mol. The summed E-state index contributed by atoms with van der Waals surface area (Å²) in [7, 11) is 1.54. The fraction of sp³-hybridized carbons (Fsp3) is 0.389. The van der Waals surface area contributed by atoms with Gasteiger partial charge in [0.25, 0.3) is 0 Å². The number of methoxy groups -OCH3 is 1. The number of carbonyl (C=O) groups excluding carboxylic acids is 1. The minimum atomic E-state index is -0.312. The number of nitrogens with zero attached hydrogens (tertiary/aromatic N) is 6. The van der Waals surface area contributed by atoms with Crippen LogP contribution < -0.4 is 15.4 Å². The molecule has 10 nitrogen and oxygen atoms in total. The summed E-state index contributed by atoms with van der Waals surface area (Å²) >= 11 is 0. The second kappa shape index (κ2) is 8.07. The highest BCUT2D eigenvalue weighted by Crippen LogP contribution is 2.27. The molecule has 1 atom stereocenters. The number of benzene rings is 1. The molecule has 148 valence electrons. The van der Waals surface area contributed by atoms with Gasteiger partial charge in [-0.2, -0.15) is 0 Å². The van der Waals surface area contributed by atoms with Gasteiger partial charge in [-0.05, 0) is 28.0 Å². The summed E-state index contributed by atoms with van der Waals surface area (Å²) in [5.41, 5.74) is 1.13. The van der Waals surface area contributed by atoms with Crippen LogP contribution in [0.5, 0.6) is 5.75 Å². The summed E-state index contributed by atoms with van der Waals surface area (Å²) in [6.07, 6.45) is 6.81. The highest BCUT2D eigenvalue weighted by molar-refractivity contribution is 5.91. The smallest absolute Gasteiger partial charge is 0.319 e. The van der Waals surface area contributed by atoms with Crippen LogP contribution in [0.4, 0.5) is 10.5 Å². The fourth-order valence-corrected chi connectivity index (χ4v) is 2.66. The Bertz CT molecular complexity index is 900. The number of hydrogen-bond acceptors (Lipinski definition) is 6. The zero-order chi connectivity index (χ0) is 20.1. The van der Waals surface area contributed by atoms with Crippen molar-refractivity contribution in [1.82, 2.24) is 35.1 Å². The van der Waals surface area contributed by atoms with Crippen LogP contribution >= 0.6 is 0 Å². The standard InChI is InChI=1S/C18H24N8O2/c1-18(2,3)16(10-25-8-7-19-11-25)22-17(27)21-14-6-5-13(9-15(14)28-4)26-12-20-23-24-26/h5-9,11-12,16H,10H2,1-4H3,(H2,21,22,27). The number of ether oxygens (including phenoxy) is 1. The Morgan fingerprint density at radius 2 is 2.11 bits per heavy atom. The van der Waals surface area contributed by atoms with Crippen LogP contribution in [0.15, 0.2) is 43.2 Å². The van der Waals surface area contributed by atoms with Gasteiger partial charge >= 0.3 is 6.03 Å². The molecule has 0 aliphatic carbocycles. The summed E-state index contributed by atoms with van der Waals surface area (Å²) in [6.45, 7) is 6.86. The highest BCUT2D eigenvalue weighted by Gasteiger charge is 2.27. The first kappa shape index (κ1) is 19.3. The van der Waals surface area contributed by atoms with Crippen molar-refractivity contribution in [2.24, 2.45) is 5.41 Å². The summed E-state index contributed by atoms with van der Waals surface area (Å²) in [4.78, 5) is 16.7. The van der Waals surface area contributed by atoms with Crippen molar-refractivity contribution in [1.29, 1.82) is 0 Å². The molecular weight excluding hydrogens is 360 g/mol. The predicted molar refractivity (Wildman–Crippen MR) is 103 cm³/mol. The minimum Gasteiger partial charge on any atom is -0.494 e. The van der Waals surface area contributed by atoms with E-state index in [0.29, 0.717) is 18.0 Å². The lowest BCUT2D eigenvalue weighted by atomic mass is 9.86. The maximum absolute atomic E-state index is 12.6. The number of anilines is 1. The van der Waals surface area contributed by atoms with E-state index in [1.165, 1.54) is 11.0 Å². The maximum atomic E-state index is 12.6. The number of imidazole rings is 1. The Morgan fingerprint density at radius 3 is 2.71 bits per heavy atom. The van der Waals surface area contributed by atoms with Gasteiger partial charge in [0, 0.05) is 25.0 Å². The topological polar surface area (TPSA) is 112 Å². The predicted octanol–water partition coefficient (Wildman–Crippen LogP) is 2.10. The van der Waals surface area contributed by atoms with E-state index in [1.54, 1.807) is 37.8 Å². The van der Waals surface area contributed by atoms with E-state index in [4.69, 9.17) is 4.74 Å². The number of nitrogens with one attached hydrogen (secondary N) is 2. The second-order valence-electron chi connectivity index (χ2n) is 7.42. The van der Waals surface area contributed by atoms with Crippen molar-refractivity contribution >= 4 is 11.7 Å². The molecule has 0 radical (unpaired) electrons. The molecule has 0 aliphatic rings. The lowest BCUT2D eigenvalue weighted by molar-refractivity contribution is 0.218. The van der Waals surface area contributed by atoms with Gasteiger partial charge in [0.05, 0.1) is 30.9 Å². The van der Waals surface area contributed by atoms with E-state index >= 15 is 0 Å². The van der Waals surface area contributed by atoms with Crippen LogP contribution in [-0.4, -0.2) is 48.9 Å². The first-order valence-electron chi connectivity index (χ1n) is 8.81. The molecule has 2 aromatic heterocycles. The number of aromatic nitrogens is 6. The monoisotopic (exact) mass is 384 g/mol. The second-order valence-corrected chi connectivity index (χ2v) is 7.42. The Morgan fingerprint density at radius 1 is 1.29 bits per heavy atom. The molecule has 1 unspecified atom stereocenters. The number of amides is 2. The first-order chi connectivity index (χ1) is 13.4. The fourth-order valence-electron chi connectivity index (χ4n) is 2.66. The molecule has 3 aromatic rings. The van der Waals surface area contributed by atoms with Gasteiger partial charge in [0.2, 0.25) is 0 Å². The first-order valence-corrected chi connectivity index (χ1v) is 8.81. The van der Waals surface area contributed by atoms with E-state index in [1.807, 2.05) is 10.8 Å². The number of carbonyl (C=O) groups is 1. The lowest BCUT2D eigenvalue weighted by Gasteiger charge is -2.31. The van der Waals surface area contributed by atoms with Gasteiger partial charge in [0.1, 0.15) is 12.1 Å². The molecule has 3 rings (SSSR count). The highest BCUT2D eigenvalue weighted by atomic mass is 16.5. The molecule has 0 spiro atoms. The van der Waals surface area contributed by atoms with Crippen LogP contribution in [0.1, 0.15) is 20.8 Å². The molecule has 2 amide bonds. The SMILES string of the molecule is COc1cc(-n2cnnn2)ccc1NC(=O)NC(Cn1ccnc1)C(C)(C)C. The molecule has 0 saturated carbocycles. The van der Waals surface area contributed by atoms with Gasteiger partial charge < -0.3 is 19.9 Å². The Balaban J connectivity index is 1.72. The molecule has 1 aromatic carbocycles. The quantitative estimate of drug-likeness (QED) is 0.673. The molecule has 0 bridgehead atoms. The largest absolute Gasteiger partial charge is 0.494 e. The number of tetrazole rings is 1. The molecule has 28 heavy (non-hydrogen) atoms. The lowest BCUT2D eigenvalue weighted by Crippen LogP contribution is -2.47. The zero-order valence-electron chi connectivity index (χ0n) is 16.3. The average Bonchev–Trinajstić information content (AvgIpc) is 3.34. The van der Waals surface area contributed by atoms with Gasteiger partial charge in [-0.15, -0.1) is 5.10 Å². The van der Waals surface area contributed by atoms with Gasteiger partial charge in [-0.25, -0.2) is 14.5 Å². The summed E-state index contributed by atoms with van der Waals surface area (Å²) in [6, 6.07) is 4.87. The van der Waals surface area contributed by atoms with Crippen molar-refractivity contribution in [2.45, 2.75) is 33.4 Å². The van der Waals surface area contributed by atoms with Gasteiger partial charge in [0.15, 0.2) is 0 Å². The van der Waals surface area contributed by atoms with Crippen molar-refractivity contribution < 1.29 is 9.53 Å². The molecule has 0 saturated heterocycles. The van der Waals surface area contributed by atoms with Crippen LogP contribution in [0.3, 0.4) is 0 Å². The van der Waals surface area contributed by atoms with Crippen LogP contribution in [0.2, 0.25) is 0 Å². The van der Waals surface area contributed by atoms with Crippen molar-refractivity contribution in [3.8, 4) is 11.4 Å². The van der Waals surface area contributed by atoms with Gasteiger partial charge in [-0.3, -0.25) is 0 Å². The molecule has 10 heteroatoms. The summed E-state index contributed by atoms with van der Waals surface area (Å²) < 4.78 is 8.85. The Hall–Kier alpha value is -3.43. The third-order valence-corrected chi connectivity index (χ3v) is 4.35. The third kappa shape index (κ3) is 4.64. The summed E-state index contributed by atoms with van der Waals surface area (Å²) in [5.74, 6) is 0.505.